The van der Waals surface area contributed by atoms with E-state index in [9.17, 15) is 4.79 Å². The highest BCUT2D eigenvalue weighted by Crippen LogP contribution is 2.62. The van der Waals surface area contributed by atoms with E-state index in [1.807, 2.05) is 12.1 Å². The minimum atomic E-state index is -0.367. The van der Waals surface area contributed by atoms with Gasteiger partial charge in [0.1, 0.15) is 10.9 Å². The monoisotopic (exact) mass is 341 g/mol. The minimum absolute atomic E-state index is 0.0414. The second-order valence-electron chi connectivity index (χ2n) is 6.92. The van der Waals surface area contributed by atoms with Gasteiger partial charge in [-0.15, -0.1) is 0 Å². The highest BCUT2D eigenvalue weighted by molar-refractivity contribution is 7.99. The highest BCUT2D eigenvalue weighted by atomic mass is 32.2. The zero-order chi connectivity index (χ0) is 16.6. The molecule has 2 atom stereocenters. The molecular weight excluding hydrogens is 326 g/mol. The van der Waals surface area contributed by atoms with E-state index >= 15 is 0 Å². The summed E-state index contributed by atoms with van der Waals surface area (Å²) in [4.78, 5) is 16.8. The number of hydrogen-bond acceptors (Lipinski definition) is 2. The number of benzene rings is 3. The molecule has 3 aliphatic heterocycles. The van der Waals surface area contributed by atoms with Crippen molar-refractivity contribution in [3.63, 3.8) is 0 Å². The Morgan fingerprint density at radius 2 is 1.60 bits per heavy atom. The van der Waals surface area contributed by atoms with Gasteiger partial charge in [-0.25, -0.2) is 0 Å². The summed E-state index contributed by atoms with van der Waals surface area (Å²) in [5.41, 5.74) is 5.55. The molecule has 0 aromatic heterocycles. The Balaban J connectivity index is 1.76. The standard InChI is InChI=1S/C22H15NOS/c24-20-16-9-3-4-10-17(16)22-13-14-7-1-2-8-15(14)21(23(20)22)25-19-12-6-5-11-18(19)22/h1-12,21H,13H2. The van der Waals surface area contributed by atoms with Gasteiger partial charge in [-0.2, -0.15) is 0 Å². The number of nitrogens with zero attached hydrogens (tertiary/aromatic N) is 1. The molecule has 0 fully saturated rings. The molecular formula is C22H15NOS. The van der Waals surface area contributed by atoms with Gasteiger partial charge in [0, 0.05) is 16.9 Å². The first-order valence-corrected chi connectivity index (χ1v) is 9.46. The van der Waals surface area contributed by atoms with E-state index in [0.717, 1.165) is 17.5 Å². The molecule has 25 heavy (non-hydrogen) atoms. The Morgan fingerprint density at radius 1 is 0.880 bits per heavy atom. The Kier molecular flexibility index (Phi) is 2.50. The normalized spacial score (nSPS) is 25.0. The van der Waals surface area contributed by atoms with Crippen LogP contribution < -0.4 is 0 Å². The molecule has 3 aliphatic rings. The van der Waals surface area contributed by atoms with E-state index in [1.54, 1.807) is 11.8 Å². The molecule has 120 valence electrons. The highest BCUT2D eigenvalue weighted by Gasteiger charge is 2.59. The fourth-order valence-corrected chi connectivity index (χ4v) is 6.32. The lowest BCUT2D eigenvalue weighted by Gasteiger charge is -2.52. The summed E-state index contributed by atoms with van der Waals surface area (Å²) in [5, 5.41) is 0.0414. The quantitative estimate of drug-likeness (QED) is 0.588. The summed E-state index contributed by atoms with van der Waals surface area (Å²) in [6.07, 6.45) is 0.847. The molecule has 2 unspecified atom stereocenters. The number of hydrogen-bond donors (Lipinski definition) is 0. The van der Waals surface area contributed by atoms with E-state index < -0.39 is 0 Å². The van der Waals surface area contributed by atoms with Crippen molar-refractivity contribution < 1.29 is 4.79 Å². The molecule has 0 saturated carbocycles. The van der Waals surface area contributed by atoms with Crippen molar-refractivity contribution in [3.05, 3.63) is 101 Å². The summed E-state index contributed by atoms with van der Waals surface area (Å²) >= 11 is 1.81. The molecule has 0 radical (unpaired) electrons. The Labute approximate surface area is 150 Å². The van der Waals surface area contributed by atoms with Gasteiger partial charge >= 0.3 is 0 Å². The smallest absolute Gasteiger partial charge is 0.256 e. The average molecular weight is 341 g/mol. The summed E-state index contributed by atoms with van der Waals surface area (Å²) in [7, 11) is 0. The fourth-order valence-electron chi connectivity index (χ4n) is 4.82. The van der Waals surface area contributed by atoms with Crippen molar-refractivity contribution in [3.8, 4) is 0 Å². The van der Waals surface area contributed by atoms with E-state index in [1.165, 1.54) is 21.6 Å². The van der Waals surface area contributed by atoms with Crippen LogP contribution in [-0.4, -0.2) is 10.8 Å². The minimum Gasteiger partial charge on any atom is -0.308 e. The van der Waals surface area contributed by atoms with Gasteiger partial charge in [-0.05, 0) is 34.4 Å². The maximum absolute atomic E-state index is 13.4. The number of carbonyl (C=O) groups is 1. The largest absolute Gasteiger partial charge is 0.308 e. The van der Waals surface area contributed by atoms with Crippen LogP contribution in [0.3, 0.4) is 0 Å². The van der Waals surface area contributed by atoms with E-state index in [-0.39, 0.29) is 16.8 Å². The second-order valence-corrected chi connectivity index (χ2v) is 8.05. The Bertz CT molecular complexity index is 1060. The molecule has 3 aromatic carbocycles. The van der Waals surface area contributed by atoms with Gasteiger partial charge in [0.05, 0.1) is 0 Å². The third-order valence-electron chi connectivity index (χ3n) is 5.81. The van der Waals surface area contributed by atoms with Crippen molar-refractivity contribution in [1.82, 2.24) is 4.90 Å². The summed E-state index contributed by atoms with van der Waals surface area (Å²) in [5.74, 6) is 0.164. The van der Waals surface area contributed by atoms with Gasteiger partial charge in [0.2, 0.25) is 0 Å². The van der Waals surface area contributed by atoms with Crippen LogP contribution in [0.4, 0.5) is 0 Å². The summed E-state index contributed by atoms with van der Waals surface area (Å²) in [6.45, 7) is 0. The van der Waals surface area contributed by atoms with Gasteiger partial charge in [-0.1, -0.05) is 72.4 Å². The third kappa shape index (κ3) is 1.51. The summed E-state index contributed by atoms with van der Waals surface area (Å²) < 4.78 is 0. The van der Waals surface area contributed by atoms with E-state index in [0.29, 0.717) is 0 Å². The number of thioether (sulfide) groups is 1. The first-order valence-electron chi connectivity index (χ1n) is 8.58. The van der Waals surface area contributed by atoms with Gasteiger partial charge in [0.25, 0.3) is 5.91 Å². The number of rotatable bonds is 0. The first-order chi connectivity index (χ1) is 12.3. The molecule has 2 nitrogen and oxygen atoms in total. The molecule has 3 heterocycles. The number of carbonyl (C=O) groups excluding carboxylic acids is 1. The van der Waals surface area contributed by atoms with E-state index in [2.05, 4.69) is 65.6 Å². The summed E-state index contributed by atoms with van der Waals surface area (Å²) in [6, 6.07) is 25.4. The van der Waals surface area contributed by atoms with Crippen LogP contribution in [0.1, 0.15) is 38.0 Å². The maximum atomic E-state index is 13.4. The Hall–Kier alpha value is -2.52. The van der Waals surface area contributed by atoms with E-state index in [4.69, 9.17) is 0 Å². The second kappa shape index (κ2) is 4.55. The van der Waals surface area contributed by atoms with Crippen molar-refractivity contribution in [2.24, 2.45) is 0 Å². The lowest BCUT2D eigenvalue weighted by Crippen LogP contribution is -2.52. The zero-order valence-electron chi connectivity index (χ0n) is 13.5. The van der Waals surface area contributed by atoms with Crippen LogP contribution in [-0.2, 0) is 12.0 Å². The van der Waals surface area contributed by atoms with Crippen molar-refractivity contribution >= 4 is 17.7 Å². The van der Waals surface area contributed by atoms with Crippen LogP contribution in [0.15, 0.2) is 77.7 Å². The SMILES string of the molecule is O=C1c2ccccc2C23Cc4ccccc4C(Sc4ccccc42)N13. The molecule has 1 amide bonds. The third-order valence-corrected chi connectivity index (χ3v) is 7.10. The van der Waals surface area contributed by atoms with Crippen molar-refractivity contribution in [2.75, 3.05) is 0 Å². The number of amides is 1. The fraction of sp³-hybridized carbons (Fsp3) is 0.136. The van der Waals surface area contributed by atoms with Crippen molar-refractivity contribution in [1.29, 1.82) is 0 Å². The Morgan fingerprint density at radius 3 is 2.52 bits per heavy atom. The zero-order valence-corrected chi connectivity index (χ0v) is 14.3. The van der Waals surface area contributed by atoms with Crippen LogP contribution in [0.5, 0.6) is 0 Å². The first kappa shape index (κ1) is 13.7. The topological polar surface area (TPSA) is 20.3 Å². The van der Waals surface area contributed by atoms with Gasteiger partial charge in [-0.3, -0.25) is 4.79 Å². The molecule has 0 aliphatic carbocycles. The van der Waals surface area contributed by atoms with Crippen LogP contribution in [0.2, 0.25) is 0 Å². The number of fused-ring (bicyclic) bond motifs is 4. The van der Waals surface area contributed by atoms with Crippen LogP contribution >= 0.6 is 11.8 Å². The van der Waals surface area contributed by atoms with Crippen molar-refractivity contribution in [2.45, 2.75) is 22.2 Å². The molecule has 0 N–H and O–H groups in total. The maximum Gasteiger partial charge on any atom is 0.256 e. The molecule has 3 heteroatoms. The molecule has 0 spiro atoms. The van der Waals surface area contributed by atoms with Gasteiger partial charge in [0.15, 0.2) is 0 Å². The predicted octanol–water partition coefficient (Wildman–Crippen LogP) is 4.75. The predicted molar refractivity (Wildman–Crippen MR) is 98.6 cm³/mol. The lowest BCUT2D eigenvalue weighted by molar-refractivity contribution is 0.0538. The van der Waals surface area contributed by atoms with Crippen LogP contribution in [0, 0.1) is 0 Å². The lowest BCUT2D eigenvalue weighted by atomic mass is 9.74. The van der Waals surface area contributed by atoms with Gasteiger partial charge < -0.3 is 4.90 Å². The molecule has 2 bridgehead atoms. The molecule has 6 rings (SSSR count). The van der Waals surface area contributed by atoms with Crippen LogP contribution in [0.25, 0.3) is 0 Å². The average Bonchev–Trinajstić information content (AvgIpc) is 2.93. The molecule has 0 saturated heterocycles. The molecule has 3 aromatic rings.